The Hall–Kier alpha value is -1.51. The molecular formula is C13H17N3. The first-order chi connectivity index (χ1) is 7.59. The number of hydrogen-bond donors (Lipinski definition) is 0. The number of rotatable bonds is 2. The van der Waals surface area contributed by atoms with Crippen LogP contribution in [-0.4, -0.2) is 15.0 Å². The molecule has 3 nitrogen and oxygen atoms in total. The van der Waals surface area contributed by atoms with Crippen molar-refractivity contribution in [3.63, 3.8) is 0 Å². The molecule has 0 fully saturated rings. The summed E-state index contributed by atoms with van der Waals surface area (Å²) in [5.41, 5.74) is 4.26. The molecule has 0 aliphatic heterocycles. The number of aromatic nitrogens is 3. The van der Waals surface area contributed by atoms with E-state index in [9.17, 15) is 0 Å². The largest absolute Gasteiger partial charge is 0.249 e. The number of fused-ring (bicyclic) bond motifs is 1. The molecule has 0 saturated carbocycles. The van der Waals surface area contributed by atoms with Crippen molar-refractivity contribution in [2.24, 2.45) is 0 Å². The van der Waals surface area contributed by atoms with Crippen LogP contribution in [-0.2, 0) is 0 Å². The molecule has 84 valence electrons. The first-order valence-electron chi connectivity index (χ1n) is 5.70. The topological polar surface area (TPSA) is 38.7 Å². The Morgan fingerprint density at radius 2 is 1.81 bits per heavy atom. The molecule has 0 radical (unpaired) electrons. The number of nitrogens with zero attached hydrogens (tertiary/aromatic N) is 3. The molecule has 0 amide bonds. The van der Waals surface area contributed by atoms with Crippen LogP contribution in [0.1, 0.15) is 50.8 Å². The molecule has 2 aromatic rings. The van der Waals surface area contributed by atoms with Gasteiger partial charge in [0.05, 0.1) is 11.7 Å². The van der Waals surface area contributed by atoms with Gasteiger partial charge in [0.15, 0.2) is 0 Å². The van der Waals surface area contributed by atoms with E-state index in [-0.39, 0.29) is 0 Å². The van der Waals surface area contributed by atoms with E-state index >= 15 is 0 Å². The van der Waals surface area contributed by atoms with Gasteiger partial charge in [-0.1, -0.05) is 27.7 Å². The van der Waals surface area contributed by atoms with Crippen molar-refractivity contribution in [3.05, 3.63) is 29.8 Å². The fourth-order valence-corrected chi connectivity index (χ4v) is 1.76. The molecule has 0 saturated heterocycles. The van der Waals surface area contributed by atoms with Crippen LogP contribution >= 0.6 is 0 Å². The van der Waals surface area contributed by atoms with E-state index in [0.717, 1.165) is 16.7 Å². The first-order valence-corrected chi connectivity index (χ1v) is 5.70. The molecule has 0 aromatic carbocycles. The van der Waals surface area contributed by atoms with Gasteiger partial charge in [0, 0.05) is 5.69 Å². The zero-order chi connectivity index (χ0) is 11.7. The molecule has 0 aliphatic carbocycles. The van der Waals surface area contributed by atoms with E-state index in [1.165, 1.54) is 5.56 Å². The van der Waals surface area contributed by atoms with Gasteiger partial charge in [-0.2, -0.15) is 0 Å². The normalized spacial score (nSPS) is 11.6. The summed E-state index contributed by atoms with van der Waals surface area (Å²) in [6, 6.07) is 2.17. The molecule has 0 N–H and O–H groups in total. The highest BCUT2D eigenvalue weighted by molar-refractivity contribution is 5.77. The van der Waals surface area contributed by atoms with Gasteiger partial charge in [-0.25, -0.2) is 15.0 Å². The number of pyridine rings is 1. The summed E-state index contributed by atoms with van der Waals surface area (Å²) in [6.07, 6.45) is 3.38. The van der Waals surface area contributed by atoms with Gasteiger partial charge < -0.3 is 0 Å². The van der Waals surface area contributed by atoms with Crippen LogP contribution < -0.4 is 0 Å². The van der Waals surface area contributed by atoms with Crippen molar-refractivity contribution in [1.82, 2.24) is 15.0 Å². The molecule has 2 heterocycles. The summed E-state index contributed by atoms with van der Waals surface area (Å²) >= 11 is 0. The quantitative estimate of drug-likeness (QED) is 0.771. The van der Waals surface area contributed by atoms with E-state index in [0.29, 0.717) is 11.8 Å². The second-order valence-electron chi connectivity index (χ2n) is 4.70. The molecule has 0 atom stereocenters. The lowest BCUT2D eigenvalue weighted by atomic mass is 9.98. The van der Waals surface area contributed by atoms with Crippen molar-refractivity contribution in [2.75, 3.05) is 0 Å². The summed E-state index contributed by atoms with van der Waals surface area (Å²) in [4.78, 5) is 13.0. The van der Waals surface area contributed by atoms with Gasteiger partial charge in [-0.05, 0) is 23.5 Å². The van der Waals surface area contributed by atoms with Crippen LogP contribution in [0.25, 0.3) is 11.0 Å². The van der Waals surface area contributed by atoms with Gasteiger partial charge in [-0.3, -0.25) is 0 Å². The third-order valence-electron chi connectivity index (χ3n) is 2.73. The molecule has 0 aliphatic rings. The first kappa shape index (κ1) is 11.0. The van der Waals surface area contributed by atoms with Crippen molar-refractivity contribution < 1.29 is 0 Å². The SMILES string of the molecule is CC(C)c1cc(C(C)C)c2ncncc2n1. The average molecular weight is 215 g/mol. The standard InChI is InChI=1S/C13H17N3/c1-8(2)10-5-11(9(3)4)16-12-6-14-7-15-13(10)12/h5-9H,1-4H3. The second kappa shape index (κ2) is 4.16. The second-order valence-corrected chi connectivity index (χ2v) is 4.70. The maximum Gasteiger partial charge on any atom is 0.116 e. The smallest absolute Gasteiger partial charge is 0.116 e. The monoisotopic (exact) mass is 215 g/mol. The molecule has 3 heteroatoms. The lowest BCUT2D eigenvalue weighted by Gasteiger charge is -2.12. The third-order valence-corrected chi connectivity index (χ3v) is 2.73. The van der Waals surface area contributed by atoms with Gasteiger partial charge >= 0.3 is 0 Å². The lowest BCUT2D eigenvalue weighted by molar-refractivity contribution is 0.808. The Balaban J connectivity index is 2.74. The van der Waals surface area contributed by atoms with Crippen LogP contribution in [0.4, 0.5) is 0 Å². The lowest BCUT2D eigenvalue weighted by Crippen LogP contribution is -2.00. The maximum absolute atomic E-state index is 4.59. The predicted molar refractivity (Wildman–Crippen MR) is 65.5 cm³/mol. The summed E-state index contributed by atoms with van der Waals surface area (Å²) in [7, 11) is 0. The molecule has 0 unspecified atom stereocenters. The zero-order valence-corrected chi connectivity index (χ0v) is 10.2. The van der Waals surface area contributed by atoms with Crippen LogP contribution in [0.15, 0.2) is 18.6 Å². The van der Waals surface area contributed by atoms with Gasteiger partial charge in [0.1, 0.15) is 11.8 Å². The van der Waals surface area contributed by atoms with Crippen molar-refractivity contribution in [3.8, 4) is 0 Å². The van der Waals surface area contributed by atoms with Gasteiger partial charge in [-0.15, -0.1) is 0 Å². The minimum absolute atomic E-state index is 0.433. The van der Waals surface area contributed by atoms with E-state index in [1.54, 1.807) is 12.5 Å². The highest BCUT2D eigenvalue weighted by atomic mass is 14.9. The van der Waals surface area contributed by atoms with Crippen LogP contribution in [0, 0.1) is 0 Å². The molecule has 0 spiro atoms. The molecule has 2 aromatic heterocycles. The van der Waals surface area contributed by atoms with E-state index in [1.807, 2.05) is 0 Å². The fourth-order valence-electron chi connectivity index (χ4n) is 1.76. The summed E-state index contributed by atoms with van der Waals surface area (Å²) in [5, 5.41) is 0. The average Bonchev–Trinajstić information content (AvgIpc) is 2.27. The molecular weight excluding hydrogens is 198 g/mol. The van der Waals surface area contributed by atoms with Crippen LogP contribution in [0.3, 0.4) is 0 Å². The predicted octanol–water partition coefficient (Wildman–Crippen LogP) is 3.27. The minimum atomic E-state index is 0.433. The molecule has 0 bridgehead atoms. The minimum Gasteiger partial charge on any atom is -0.249 e. The Morgan fingerprint density at radius 3 is 2.44 bits per heavy atom. The summed E-state index contributed by atoms with van der Waals surface area (Å²) in [6.45, 7) is 8.67. The third kappa shape index (κ3) is 1.90. The van der Waals surface area contributed by atoms with Crippen molar-refractivity contribution in [2.45, 2.75) is 39.5 Å². The fraction of sp³-hybridized carbons (Fsp3) is 0.462. The van der Waals surface area contributed by atoms with Gasteiger partial charge in [0.2, 0.25) is 0 Å². The van der Waals surface area contributed by atoms with Crippen LogP contribution in [0.5, 0.6) is 0 Å². The highest BCUT2D eigenvalue weighted by Gasteiger charge is 2.11. The van der Waals surface area contributed by atoms with Crippen molar-refractivity contribution >= 4 is 11.0 Å². The molecule has 2 rings (SSSR count). The summed E-state index contributed by atoms with van der Waals surface area (Å²) < 4.78 is 0. The Bertz CT molecular complexity index is 504. The zero-order valence-electron chi connectivity index (χ0n) is 10.2. The molecule has 16 heavy (non-hydrogen) atoms. The van der Waals surface area contributed by atoms with Gasteiger partial charge in [0.25, 0.3) is 0 Å². The van der Waals surface area contributed by atoms with E-state index in [4.69, 9.17) is 0 Å². The number of hydrogen-bond acceptors (Lipinski definition) is 3. The Kier molecular flexibility index (Phi) is 2.86. The Labute approximate surface area is 96.0 Å². The maximum atomic E-state index is 4.59. The summed E-state index contributed by atoms with van der Waals surface area (Å²) in [5.74, 6) is 0.889. The van der Waals surface area contributed by atoms with E-state index < -0.39 is 0 Å². The highest BCUT2D eigenvalue weighted by Crippen LogP contribution is 2.25. The van der Waals surface area contributed by atoms with E-state index in [2.05, 4.69) is 48.7 Å². The Morgan fingerprint density at radius 1 is 1.06 bits per heavy atom. The van der Waals surface area contributed by atoms with Crippen LogP contribution in [0.2, 0.25) is 0 Å². The van der Waals surface area contributed by atoms with Crippen molar-refractivity contribution in [1.29, 1.82) is 0 Å².